The van der Waals surface area contributed by atoms with Crippen molar-refractivity contribution in [1.29, 1.82) is 0 Å². The minimum Gasteiger partial charge on any atom is -0.465 e. The van der Waals surface area contributed by atoms with Crippen LogP contribution in [0.5, 0.6) is 0 Å². The van der Waals surface area contributed by atoms with E-state index in [1.807, 2.05) is 5.32 Å². The lowest BCUT2D eigenvalue weighted by molar-refractivity contribution is -0.136. The van der Waals surface area contributed by atoms with E-state index in [1.165, 1.54) is 6.07 Å². The maximum absolute atomic E-state index is 13.8. The number of alkyl halides is 3. The van der Waals surface area contributed by atoms with Gasteiger partial charge in [-0.2, -0.15) is 13.2 Å². The molecule has 0 aliphatic rings. The molecular weight excluding hydrogens is 354 g/mol. The fraction of sp³-hybridized carbons (Fsp3) is 0.143. The molecule has 3 N–H and O–H groups in total. The lowest BCUT2D eigenvalue weighted by Crippen LogP contribution is -2.21. The molecule has 0 saturated heterocycles. The van der Waals surface area contributed by atoms with Crippen LogP contribution in [0.3, 0.4) is 0 Å². The van der Waals surface area contributed by atoms with E-state index in [4.69, 9.17) is 16.7 Å². The zero-order valence-electron chi connectivity index (χ0n) is 11.8. The SMILES string of the molecule is O=C(O)NCc1ncc(Nc2ccc(Cl)cc2C(F)(F)F)cc1F. The van der Waals surface area contributed by atoms with Crippen molar-refractivity contribution in [2.24, 2.45) is 0 Å². The Morgan fingerprint density at radius 2 is 2.00 bits per heavy atom. The Bertz CT molecular complexity index is 768. The number of nitrogens with one attached hydrogen (secondary N) is 2. The molecule has 0 unspecified atom stereocenters. The first-order valence-electron chi connectivity index (χ1n) is 6.42. The molecular formula is C14H10ClF4N3O2. The zero-order valence-corrected chi connectivity index (χ0v) is 12.5. The topological polar surface area (TPSA) is 74.2 Å². The second kappa shape index (κ2) is 6.91. The van der Waals surface area contributed by atoms with Gasteiger partial charge in [-0.1, -0.05) is 11.6 Å². The van der Waals surface area contributed by atoms with Crippen LogP contribution in [0.1, 0.15) is 11.3 Å². The van der Waals surface area contributed by atoms with E-state index in [2.05, 4.69) is 10.3 Å². The number of rotatable bonds is 4. The summed E-state index contributed by atoms with van der Waals surface area (Å²) in [7, 11) is 0. The quantitative estimate of drug-likeness (QED) is 0.704. The Morgan fingerprint density at radius 3 is 2.58 bits per heavy atom. The molecule has 1 amide bonds. The minimum atomic E-state index is -4.65. The third-order valence-electron chi connectivity index (χ3n) is 2.89. The smallest absolute Gasteiger partial charge is 0.418 e. The number of hydrogen-bond acceptors (Lipinski definition) is 3. The van der Waals surface area contributed by atoms with Crippen LogP contribution in [0.15, 0.2) is 30.5 Å². The van der Waals surface area contributed by atoms with Gasteiger partial charge in [-0.3, -0.25) is 4.98 Å². The van der Waals surface area contributed by atoms with Crippen molar-refractivity contribution in [3.8, 4) is 0 Å². The van der Waals surface area contributed by atoms with E-state index in [1.54, 1.807) is 0 Å². The van der Waals surface area contributed by atoms with Crippen LogP contribution in [0, 0.1) is 5.82 Å². The summed E-state index contributed by atoms with van der Waals surface area (Å²) in [6.07, 6.45) is -4.91. The molecule has 0 bridgehead atoms. The Labute approximate surface area is 138 Å². The van der Waals surface area contributed by atoms with Gasteiger partial charge in [-0.15, -0.1) is 0 Å². The van der Waals surface area contributed by atoms with Crippen molar-refractivity contribution < 1.29 is 27.5 Å². The van der Waals surface area contributed by atoms with Crippen LogP contribution in [-0.2, 0) is 12.7 Å². The number of carbonyl (C=O) groups is 1. The lowest BCUT2D eigenvalue weighted by atomic mass is 10.1. The predicted octanol–water partition coefficient (Wildman–Crippen LogP) is 4.40. The maximum Gasteiger partial charge on any atom is 0.418 e. The molecule has 10 heteroatoms. The van der Waals surface area contributed by atoms with Gasteiger partial charge in [0.25, 0.3) is 0 Å². The highest BCUT2D eigenvalue weighted by molar-refractivity contribution is 6.30. The summed E-state index contributed by atoms with van der Waals surface area (Å²) in [6, 6.07) is 4.04. The van der Waals surface area contributed by atoms with E-state index in [9.17, 15) is 22.4 Å². The molecule has 2 rings (SSSR count). The number of halogens is 5. The number of anilines is 2. The van der Waals surface area contributed by atoms with Crippen LogP contribution >= 0.6 is 11.6 Å². The van der Waals surface area contributed by atoms with Crippen molar-refractivity contribution in [2.75, 3.05) is 5.32 Å². The summed E-state index contributed by atoms with van der Waals surface area (Å²) in [5.41, 5.74) is -1.54. The second-order valence-electron chi connectivity index (χ2n) is 4.62. The molecule has 2 aromatic rings. The number of carboxylic acid groups (broad SMARTS) is 1. The van der Waals surface area contributed by atoms with E-state index >= 15 is 0 Å². The highest BCUT2D eigenvalue weighted by atomic mass is 35.5. The molecule has 1 aromatic carbocycles. The van der Waals surface area contributed by atoms with Crippen LogP contribution in [0.2, 0.25) is 5.02 Å². The molecule has 0 atom stereocenters. The van der Waals surface area contributed by atoms with Gasteiger partial charge >= 0.3 is 12.3 Å². The first-order chi connectivity index (χ1) is 11.2. The Balaban J connectivity index is 2.26. The number of nitrogens with zero attached hydrogens (tertiary/aromatic N) is 1. The van der Waals surface area contributed by atoms with Crippen LogP contribution in [0.25, 0.3) is 0 Å². The molecule has 0 radical (unpaired) electrons. The highest BCUT2D eigenvalue weighted by Crippen LogP contribution is 2.37. The monoisotopic (exact) mass is 363 g/mol. The van der Waals surface area contributed by atoms with E-state index < -0.39 is 23.7 Å². The van der Waals surface area contributed by atoms with Gasteiger partial charge in [0, 0.05) is 11.1 Å². The number of hydrogen-bond donors (Lipinski definition) is 3. The molecule has 5 nitrogen and oxygen atoms in total. The highest BCUT2D eigenvalue weighted by Gasteiger charge is 2.33. The molecule has 1 heterocycles. The molecule has 24 heavy (non-hydrogen) atoms. The number of pyridine rings is 1. The average molecular weight is 364 g/mol. The molecule has 128 valence electrons. The molecule has 0 fully saturated rings. The Morgan fingerprint density at radius 1 is 1.29 bits per heavy atom. The summed E-state index contributed by atoms with van der Waals surface area (Å²) in [5, 5.41) is 12.7. The van der Waals surface area contributed by atoms with Crippen molar-refractivity contribution in [1.82, 2.24) is 10.3 Å². The zero-order chi connectivity index (χ0) is 17.9. The van der Waals surface area contributed by atoms with Gasteiger partial charge < -0.3 is 15.7 Å². The minimum absolute atomic E-state index is 0.0283. The van der Waals surface area contributed by atoms with Gasteiger partial charge in [-0.05, 0) is 18.2 Å². The van der Waals surface area contributed by atoms with Crippen molar-refractivity contribution in [3.05, 3.63) is 52.6 Å². The van der Waals surface area contributed by atoms with Crippen LogP contribution < -0.4 is 10.6 Å². The van der Waals surface area contributed by atoms with Gasteiger partial charge in [0.05, 0.1) is 35.4 Å². The van der Waals surface area contributed by atoms with E-state index in [0.717, 1.165) is 24.4 Å². The summed E-state index contributed by atoms with van der Waals surface area (Å²) in [5.74, 6) is -0.865. The fourth-order valence-corrected chi connectivity index (χ4v) is 2.01. The molecule has 0 aliphatic carbocycles. The van der Waals surface area contributed by atoms with Crippen molar-refractivity contribution in [2.45, 2.75) is 12.7 Å². The fourth-order valence-electron chi connectivity index (χ4n) is 1.84. The first kappa shape index (κ1) is 17.8. The average Bonchev–Trinajstić information content (AvgIpc) is 2.47. The number of amides is 1. The summed E-state index contributed by atoms with van der Waals surface area (Å²) >= 11 is 5.58. The summed E-state index contributed by atoms with van der Waals surface area (Å²) < 4.78 is 52.8. The Kier molecular flexibility index (Phi) is 5.13. The first-order valence-corrected chi connectivity index (χ1v) is 6.79. The largest absolute Gasteiger partial charge is 0.465 e. The van der Waals surface area contributed by atoms with Crippen molar-refractivity contribution >= 4 is 29.1 Å². The number of benzene rings is 1. The summed E-state index contributed by atoms with van der Waals surface area (Å²) in [6.45, 7) is -0.365. The standard InChI is InChI=1S/C14H10ClF4N3O2/c15-7-1-2-11(9(3-7)14(17,18)19)22-8-4-10(16)12(20-5-8)6-21-13(23)24/h1-5,21-22H,6H2,(H,23,24). The maximum atomic E-state index is 13.8. The van der Waals surface area contributed by atoms with Gasteiger partial charge in [-0.25, -0.2) is 9.18 Å². The Hall–Kier alpha value is -2.55. The lowest BCUT2D eigenvalue weighted by Gasteiger charge is -2.15. The normalized spacial score (nSPS) is 11.2. The third kappa shape index (κ3) is 4.48. The number of aromatic nitrogens is 1. The third-order valence-corrected chi connectivity index (χ3v) is 3.13. The molecule has 0 spiro atoms. The van der Waals surface area contributed by atoms with Crippen LogP contribution in [-0.4, -0.2) is 16.2 Å². The van der Waals surface area contributed by atoms with E-state index in [0.29, 0.717) is 0 Å². The predicted molar refractivity (Wildman–Crippen MR) is 78.8 cm³/mol. The summed E-state index contributed by atoms with van der Waals surface area (Å²) in [4.78, 5) is 14.0. The van der Waals surface area contributed by atoms with Crippen LogP contribution in [0.4, 0.5) is 33.7 Å². The molecule has 0 aliphatic heterocycles. The van der Waals surface area contributed by atoms with E-state index in [-0.39, 0.29) is 28.6 Å². The molecule has 0 saturated carbocycles. The van der Waals surface area contributed by atoms with Gasteiger partial charge in [0.1, 0.15) is 5.82 Å². The molecule has 1 aromatic heterocycles. The van der Waals surface area contributed by atoms with Gasteiger partial charge in [0.15, 0.2) is 0 Å². The van der Waals surface area contributed by atoms with Crippen molar-refractivity contribution in [3.63, 3.8) is 0 Å². The van der Waals surface area contributed by atoms with Gasteiger partial charge in [0.2, 0.25) is 0 Å². The second-order valence-corrected chi connectivity index (χ2v) is 5.06.